The molecular weight excluding hydrogens is 216 g/mol. The summed E-state index contributed by atoms with van der Waals surface area (Å²) in [5.74, 6) is -0.0215. The Hall–Kier alpha value is -1.08. The van der Waals surface area contributed by atoms with Crippen LogP contribution in [0.4, 0.5) is 0 Å². The number of piperidine rings is 1. The summed E-state index contributed by atoms with van der Waals surface area (Å²) in [6, 6.07) is 2.21. The third-order valence-electron chi connectivity index (χ3n) is 3.83. The monoisotopic (exact) mass is 238 g/mol. The third kappa shape index (κ3) is 2.78. The van der Waals surface area contributed by atoms with E-state index in [1.165, 1.54) is 0 Å². The molecule has 0 spiro atoms. The molecule has 0 N–H and O–H groups in total. The first-order chi connectivity index (χ1) is 8.13. The zero-order chi connectivity index (χ0) is 12.9. The van der Waals surface area contributed by atoms with Crippen LogP contribution in [0.5, 0.6) is 0 Å². The lowest BCUT2D eigenvalue weighted by Crippen LogP contribution is -2.49. The van der Waals surface area contributed by atoms with Gasteiger partial charge in [-0.2, -0.15) is 5.26 Å². The van der Waals surface area contributed by atoms with Gasteiger partial charge in [0.05, 0.1) is 12.2 Å². The summed E-state index contributed by atoms with van der Waals surface area (Å²) in [5, 5.41) is 9.27. The number of rotatable bonds is 4. The van der Waals surface area contributed by atoms with Gasteiger partial charge in [-0.25, -0.2) is 0 Å². The first-order valence-electron chi connectivity index (χ1n) is 6.37. The second-order valence-corrected chi connectivity index (χ2v) is 4.65. The maximum absolute atomic E-state index is 12.4. The van der Waals surface area contributed by atoms with Gasteiger partial charge in [-0.15, -0.1) is 0 Å². The Morgan fingerprint density at radius 3 is 2.65 bits per heavy atom. The maximum Gasteiger partial charge on any atom is 0.243 e. The third-order valence-corrected chi connectivity index (χ3v) is 3.83. The normalized spacial score (nSPS) is 21.1. The smallest absolute Gasteiger partial charge is 0.243 e. The van der Waals surface area contributed by atoms with Crippen LogP contribution < -0.4 is 0 Å². The number of nitrogens with zero attached hydrogens (tertiary/aromatic N) is 2. The number of hydrogen-bond acceptors (Lipinski definition) is 3. The minimum atomic E-state index is -0.838. The SMILES string of the molecule is CCC(C#N)(CC)C(=O)N1CCCC(OC)C1. The van der Waals surface area contributed by atoms with Crippen molar-refractivity contribution in [2.45, 2.75) is 45.6 Å². The highest BCUT2D eigenvalue weighted by Gasteiger charge is 2.39. The fraction of sp³-hybridized carbons (Fsp3) is 0.846. The molecule has 0 aromatic carbocycles. The number of likely N-dealkylation sites (tertiary alicyclic amines) is 1. The number of hydrogen-bond donors (Lipinski definition) is 0. The lowest BCUT2D eigenvalue weighted by Gasteiger charge is -2.36. The van der Waals surface area contributed by atoms with Gasteiger partial charge >= 0.3 is 0 Å². The number of carbonyl (C=O) groups is 1. The average molecular weight is 238 g/mol. The molecular formula is C13H22N2O2. The molecule has 1 aliphatic rings. The maximum atomic E-state index is 12.4. The van der Waals surface area contributed by atoms with Gasteiger partial charge in [-0.1, -0.05) is 13.8 Å². The first-order valence-corrected chi connectivity index (χ1v) is 6.37. The highest BCUT2D eigenvalue weighted by Crippen LogP contribution is 2.29. The number of methoxy groups -OCH3 is 1. The van der Waals surface area contributed by atoms with Crippen molar-refractivity contribution in [3.05, 3.63) is 0 Å². The van der Waals surface area contributed by atoms with E-state index in [0.717, 1.165) is 19.4 Å². The van der Waals surface area contributed by atoms with Crippen molar-refractivity contribution in [3.63, 3.8) is 0 Å². The van der Waals surface area contributed by atoms with Crippen molar-refractivity contribution in [2.24, 2.45) is 5.41 Å². The van der Waals surface area contributed by atoms with Gasteiger partial charge in [0.25, 0.3) is 0 Å². The lowest BCUT2D eigenvalue weighted by atomic mass is 9.82. The molecule has 0 bridgehead atoms. The highest BCUT2D eigenvalue weighted by molar-refractivity contribution is 5.85. The molecule has 1 saturated heterocycles. The topological polar surface area (TPSA) is 53.3 Å². The van der Waals surface area contributed by atoms with Gasteiger partial charge in [0, 0.05) is 20.2 Å². The van der Waals surface area contributed by atoms with Crippen LogP contribution in [-0.4, -0.2) is 37.1 Å². The van der Waals surface area contributed by atoms with Crippen molar-refractivity contribution in [1.82, 2.24) is 4.90 Å². The Morgan fingerprint density at radius 2 is 2.18 bits per heavy atom. The van der Waals surface area contributed by atoms with Gasteiger partial charge in [0.15, 0.2) is 0 Å². The van der Waals surface area contributed by atoms with Crippen LogP contribution in [0.25, 0.3) is 0 Å². The molecule has 1 fully saturated rings. The molecule has 4 nitrogen and oxygen atoms in total. The second kappa shape index (κ2) is 6.02. The average Bonchev–Trinajstić information content (AvgIpc) is 2.41. The summed E-state index contributed by atoms with van der Waals surface area (Å²) < 4.78 is 5.31. The van der Waals surface area contributed by atoms with Crippen molar-refractivity contribution >= 4 is 5.91 Å². The van der Waals surface area contributed by atoms with Gasteiger partial charge in [-0.3, -0.25) is 4.79 Å². The van der Waals surface area contributed by atoms with E-state index >= 15 is 0 Å². The molecule has 1 amide bonds. The van der Waals surface area contributed by atoms with Crippen molar-refractivity contribution < 1.29 is 9.53 Å². The lowest BCUT2D eigenvalue weighted by molar-refractivity contribution is -0.143. The predicted octanol–water partition coefficient (Wildman–Crippen LogP) is 1.95. The summed E-state index contributed by atoms with van der Waals surface area (Å²) >= 11 is 0. The molecule has 17 heavy (non-hydrogen) atoms. The van der Waals surface area contributed by atoms with Crippen LogP contribution in [0.15, 0.2) is 0 Å². The standard InChI is InChI=1S/C13H22N2O2/c1-4-13(5-2,10-14)12(16)15-8-6-7-11(9-15)17-3/h11H,4-9H2,1-3H3. The molecule has 0 saturated carbocycles. The zero-order valence-corrected chi connectivity index (χ0v) is 11.0. The van der Waals surface area contributed by atoms with Crippen LogP contribution >= 0.6 is 0 Å². The number of ether oxygens (including phenoxy) is 1. The van der Waals surface area contributed by atoms with E-state index in [2.05, 4.69) is 6.07 Å². The molecule has 1 atom stereocenters. The summed E-state index contributed by atoms with van der Waals surface area (Å²) in [5.41, 5.74) is -0.838. The molecule has 0 aromatic rings. The van der Waals surface area contributed by atoms with Gasteiger partial charge < -0.3 is 9.64 Å². The van der Waals surface area contributed by atoms with Crippen LogP contribution in [0.3, 0.4) is 0 Å². The van der Waals surface area contributed by atoms with Gasteiger partial charge in [0.2, 0.25) is 5.91 Å². The van der Waals surface area contributed by atoms with E-state index in [1.807, 2.05) is 13.8 Å². The van der Waals surface area contributed by atoms with Crippen LogP contribution in [0.1, 0.15) is 39.5 Å². The quantitative estimate of drug-likeness (QED) is 0.752. The Labute approximate surface area is 104 Å². The summed E-state index contributed by atoms with van der Waals surface area (Å²) in [6.45, 7) is 5.19. The number of nitriles is 1. The molecule has 0 aliphatic carbocycles. The van der Waals surface area contributed by atoms with E-state index in [1.54, 1.807) is 12.0 Å². The molecule has 1 unspecified atom stereocenters. The Bertz CT molecular complexity index is 305. The highest BCUT2D eigenvalue weighted by atomic mass is 16.5. The molecule has 4 heteroatoms. The number of amides is 1. The van der Waals surface area contributed by atoms with E-state index < -0.39 is 5.41 Å². The van der Waals surface area contributed by atoms with Crippen LogP contribution in [-0.2, 0) is 9.53 Å². The molecule has 1 aliphatic heterocycles. The van der Waals surface area contributed by atoms with Crippen LogP contribution in [0, 0.1) is 16.7 Å². The molecule has 1 heterocycles. The molecule has 96 valence electrons. The fourth-order valence-corrected chi connectivity index (χ4v) is 2.38. The summed E-state index contributed by atoms with van der Waals surface area (Å²) in [7, 11) is 1.68. The zero-order valence-electron chi connectivity index (χ0n) is 11.0. The fourth-order valence-electron chi connectivity index (χ4n) is 2.38. The van der Waals surface area contributed by atoms with Gasteiger partial charge in [-0.05, 0) is 25.7 Å². The summed E-state index contributed by atoms with van der Waals surface area (Å²) in [6.07, 6.45) is 3.23. The first kappa shape index (κ1) is 14.0. The molecule has 0 radical (unpaired) electrons. The Balaban J connectivity index is 2.78. The van der Waals surface area contributed by atoms with Crippen molar-refractivity contribution in [1.29, 1.82) is 5.26 Å². The Morgan fingerprint density at radius 1 is 1.53 bits per heavy atom. The summed E-state index contributed by atoms with van der Waals surface area (Å²) in [4.78, 5) is 14.2. The minimum absolute atomic E-state index is 0.0215. The predicted molar refractivity (Wildman–Crippen MR) is 65.2 cm³/mol. The van der Waals surface area contributed by atoms with E-state index in [4.69, 9.17) is 4.74 Å². The largest absolute Gasteiger partial charge is 0.380 e. The van der Waals surface area contributed by atoms with E-state index in [9.17, 15) is 10.1 Å². The number of carbonyl (C=O) groups excluding carboxylic acids is 1. The van der Waals surface area contributed by atoms with Gasteiger partial charge in [0.1, 0.15) is 5.41 Å². The van der Waals surface area contributed by atoms with Crippen molar-refractivity contribution in [2.75, 3.05) is 20.2 Å². The van der Waals surface area contributed by atoms with Crippen molar-refractivity contribution in [3.8, 4) is 6.07 Å². The Kier molecular flexibility index (Phi) is 4.95. The van der Waals surface area contributed by atoms with E-state index in [0.29, 0.717) is 19.4 Å². The molecule has 0 aromatic heterocycles. The minimum Gasteiger partial charge on any atom is -0.380 e. The molecule has 1 rings (SSSR count). The van der Waals surface area contributed by atoms with E-state index in [-0.39, 0.29) is 12.0 Å². The second-order valence-electron chi connectivity index (χ2n) is 4.65. The van der Waals surface area contributed by atoms with Crippen LogP contribution in [0.2, 0.25) is 0 Å².